The normalized spacial score (nSPS) is 10.1. The molecule has 2 heteroatoms. The minimum Gasteiger partial charge on any atom is -0.497 e. The highest BCUT2D eigenvalue weighted by Gasteiger charge is 1.89. The standard InChI is InChI=1S/C19H18O2/c1-20-19-13-11-18(12-14-19)10-6-16-21-15-5-9-17-7-3-2-4-8-17/h2-5,7-9,11-14H,15-16H2,1H3/b9-5+. The summed E-state index contributed by atoms with van der Waals surface area (Å²) in [7, 11) is 1.65. The zero-order valence-corrected chi connectivity index (χ0v) is 12.1. The van der Waals surface area contributed by atoms with Gasteiger partial charge in [-0.1, -0.05) is 54.3 Å². The van der Waals surface area contributed by atoms with Gasteiger partial charge in [-0.05, 0) is 29.8 Å². The molecule has 0 radical (unpaired) electrons. The van der Waals surface area contributed by atoms with Crippen molar-refractivity contribution in [1.29, 1.82) is 0 Å². The van der Waals surface area contributed by atoms with Crippen molar-refractivity contribution in [3.63, 3.8) is 0 Å². The number of hydrogen-bond acceptors (Lipinski definition) is 2. The highest BCUT2D eigenvalue weighted by atomic mass is 16.5. The Labute approximate surface area is 126 Å². The molecule has 0 N–H and O–H groups in total. The average molecular weight is 278 g/mol. The molecule has 0 aromatic heterocycles. The van der Waals surface area contributed by atoms with Gasteiger partial charge in [-0.15, -0.1) is 0 Å². The molecule has 0 heterocycles. The molecule has 2 aromatic carbocycles. The average Bonchev–Trinajstić information content (AvgIpc) is 2.55. The Kier molecular flexibility index (Phi) is 6.12. The summed E-state index contributed by atoms with van der Waals surface area (Å²) in [4.78, 5) is 0. The topological polar surface area (TPSA) is 18.5 Å². The van der Waals surface area contributed by atoms with Gasteiger partial charge >= 0.3 is 0 Å². The van der Waals surface area contributed by atoms with Gasteiger partial charge < -0.3 is 9.47 Å². The highest BCUT2D eigenvalue weighted by Crippen LogP contribution is 2.10. The number of ether oxygens (including phenoxy) is 2. The van der Waals surface area contributed by atoms with Crippen LogP contribution in [0, 0.1) is 11.8 Å². The lowest BCUT2D eigenvalue weighted by Gasteiger charge is -1.97. The minimum atomic E-state index is 0.422. The lowest BCUT2D eigenvalue weighted by atomic mass is 10.2. The van der Waals surface area contributed by atoms with Gasteiger partial charge in [0.1, 0.15) is 12.4 Å². The molecule has 0 saturated heterocycles. The van der Waals surface area contributed by atoms with E-state index in [1.165, 1.54) is 5.56 Å². The summed E-state index contributed by atoms with van der Waals surface area (Å²) in [6, 6.07) is 17.8. The number of methoxy groups -OCH3 is 1. The van der Waals surface area contributed by atoms with E-state index >= 15 is 0 Å². The van der Waals surface area contributed by atoms with E-state index in [2.05, 4.69) is 24.0 Å². The van der Waals surface area contributed by atoms with Crippen molar-refractivity contribution >= 4 is 6.08 Å². The first-order chi connectivity index (χ1) is 10.4. The van der Waals surface area contributed by atoms with E-state index in [0.717, 1.165) is 11.3 Å². The SMILES string of the molecule is COc1ccc(C#CCOC/C=C/c2ccccc2)cc1. The van der Waals surface area contributed by atoms with E-state index in [4.69, 9.17) is 9.47 Å². The fraction of sp³-hybridized carbons (Fsp3) is 0.158. The maximum atomic E-state index is 5.44. The van der Waals surface area contributed by atoms with Crippen LogP contribution in [-0.2, 0) is 4.74 Å². The summed E-state index contributed by atoms with van der Waals surface area (Å²) in [5, 5.41) is 0. The van der Waals surface area contributed by atoms with Crippen molar-refractivity contribution in [2.75, 3.05) is 20.3 Å². The predicted octanol–water partition coefficient (Wildman–Crippen LogP) is 3.78. The second kappa shape index (κ2) is 8.63. The summed E-state index contributed by atoms with van der Waals surface area (Å²) in [6.45, 7) is 0.983. The van der Waals surface area contributed by atoms with Crippen LogP contribution in [0.15, 0.2) is 60.7 Å². The Morgan fingerprint density at radius 3 is 2.48 bits per heavy atom. The Morgan fingerprint density at radius 1 is 1.00 bits per heavy atom. The van der Waals surface area contributed by atoms with E-state index in [-0.39, 0.29) is 0 Å². The molecule has 0 atom stereocenters. The molecule has 2 aromatic rings. The van der Waals surface area contributed by atoms with E-state index in [1.54, 1.807) is 7.11 Å². The van der Waals surface area contributed by atoms with E-state index in [1.807, 2.05) is 54.6 Å². The fourth-order valence-corrected chi connectivity index (χ4v) is 1.74. The third-order valence-electron chi connectivity index (χ3n) is 2.82. The summed E-state index contributed by atoms with van der Waals surface area (Å²) in [5.74, 6) is 6.88. The van der Waals surface area contributed by atoms with Gasteiger partial charge in [-0.2, -0.15) is 0 Å². The monoisotopic (exact) mass is 278 g/mol. The largest absolute Gasteiger partial charge is 0.497 e. The Bertz CT molecular complexity index is 616. The molecule has 0 aliphatic heterocycles. The van der Waals surface area contributed by atoms with Gasteiger partial charge in [0.2, 0.25) is 0 Å². The maximum absolute atomic E-state index is 5.44. The molecule has 2 nitrogen and oxygen atoms in total. The third kappa shape index (κ3) is 5.56. The third-order valence-corrected chi connectivity index (χ3v) is 2.82. The van der Waals surface area contributed by atoms with Crippen molar-refractivity contribution in [3.8, 4) is 17.6 Å². The van der Waals surface area contributed by atoms with Crippen LogP contribution in [-0.4, -0.2) is 20.3 Å². The molecule has 106 valence electrons. The van der Waals surface area contributed by atoms with Crippen LogP contribution in [0.5, 0.6) is 5.75 Å². The molecule has 0 amide bonds. The van der Waals surface area contributed by atoms with Crippen LogP contribution < -0.4 is 4.74 Å². The molecule has 0 unspecified atom stereocenters. The first kappa shape index (κ1) is 14.9. The molecule has 0 saturated carbocycles. The summed E-state index contributed by atoms with van der Waals surface area (Å²) in [5.41, 5.74) is 2.13. The predicted molar refractivity (Wildman–Crippen MR) is 86.2 cm³/mol. The van der Waals surface area contributed by atoms with Crippen molar-refractivity contribution in [2.45, 2.75) is 0 Å². The second-order valence-electron chi connectivity index (χ2n) is 4.36. The van der Waals surface area contributed by atoms with Crippen LogP contribution in [0.4, 0.5) is 0 Å². The smallest absolute Gasteiger partial charge is 0.118 e. The molecule has 0 fully saturated rings. The van der Waals surface area contributed by atoms with Crippen molar-refractivity contribution in [3.05, 3.63) is 71.8 Å². The lowest BCUT2D eigenvalue weighted by molar-refractivity contribution is 0.199. The van der Waals surface area contributed by atoms with Gasteiger partial charge in [-0.3, -0.25) is 0 Å². The first-order valence-electron chi connectivity index (χ1n) is 6.81. The highest BCUT2D eigenvalue weighted by molar-refractivity contribution is 5.48. The van der Waals surface area contributed by atoms with Crippen LogP contribution in [0.3, 0.4) is 0 Å². The Hall–Kier alpha value is -2.50. The fourth-order valence-electron chi connectivity index (χ4n) is 1.74. The van der Waals surface area contributed by atoms with Crippen LogP contribution in [0.2, 0.25) is 0 Å². The van der Waals surface area contributed by atoms with E-state index < -0.39 is 0 Å². The molecule has 0 bridgehead atoms. The number of hydrogen-bond donors (Lipinski definition) is 0. The quantitative estimate of drug-likeness (QED) is 0.612. The van der Waals surface area contributed by atoms with Gasteiger partial charge in [0.15, 0.2) is 0 Å². The van der Waals surface area contributed by atoms with E-state index in [0.29, 0.717) is 13.2 Å². The minimum absolute atomic E-state index is 0.422. The zero-order chi connectivity index (χ0) is 14.8. The van der Waals surface area contributed by atoms with Gasteiger partial charge in [0.05, 0.1) is 13.7 Å². The van der Waals surface area contributed by atoms with Crippen molar-refractivity contribution in [2.24, 2.45) is 0 Å². The lowest BCUT2D eigenvalue weighted by Crippen LogP contribution is -1.90. The summed E-state index contributed by atoms with van der Waals surface area (Å²) in [6.07, 6.45) is 4.03. The molecular formula is C19H18O2. The van der Waals surface area contributed by atoms with Gasteiger partial charge in [0, 0.05) is 5.56 Å². The van der Waals surface area contributed by atoms with Crippen molar-refractivity contribution < 1.29 is 9.47 Å². The van der Waals surface area contributed by atoms with Crippen molar-refractivity contribution in [1.82, 2.24) is 0 Å². The van der Waals surface area contributed by atoms with Gasteiger partial charge in [-0.25, -0.2) is 0 Å². The van der Waals surface area contributed by atoms with Gasteiger partial charge in [0.25, 0.3) is 0 Å². The summed E-state index contributed by atoms with van der Waals surface area (Å²) < 4.78 is 10.5. The molecule has 0 spiro atoms. The van der Waals surface area contributed by atoms with Crippen LogP contribution in [0.1, 0.15) is 11.1 Å². The second-order valence-corrected chi connectivity index (χ2v) is 4.36. The molecule has 21 heavy (non-hydrogen) atoms. The molecule has 0 aliphatic carbocycles. The molecular weight excluding hydrogens is 260 g/mol. The zero-order valence-electron chi connectivity index (χ0n) is 12.1. The maximum Gasteiger partial charge on any atom is 0.118 e. The number of benzene rings is 2. The Balaban J connectivity index is 1.70. The summed E-state index contributed by atoms with van der Waals surface area (Å²) >= 11 is 0. The Morgan fingerprint density at radius 2 is 1.76 bits per heavy atom. The molecule has 0 aliphatic rings. The van der Waals surface area contributed by atoms with Crippen LogP contribution >= 0.6 is 0 Å². The van der Waals surface area contributed by atoms with Crippen LogP contribution in [0.25, 0.3) is 6.08 Å². The van der Waals surface area contributed by atoms with E-state index in [9.17, 15) is 0 Å². The number of rotatable bonds is 5. The first-order valence-corrected chi connectivity index (χ1v) is 6.81. The molecule has 2 rings (SSSR count).